The summed E-state index contributed by atoms with van der Waals surface area (Å²) in [7, 11) is 0. The normalized spacial score (nSPS) is 12.7. The van der Waals surface area contributed by atoms with Crippen LogP contribution in [0.4, 0.5) is 0 Å². The van der Waals surface area contributed by atoms with Gasteiger partial charge in [-0.15, -0.1) is 0 Å². The predicted octanol–water partition coefficient (Wildman–Crippen LogP) is 4.09. The van der Waals surface area contributed by atoms with Crippen molar-refractivity contribution in [2.75, 3.05) is 19.8 Å². The molecule has 0 saturated heterocycles. The van der Waals surface area contributed by atoms with Gasteiger partial charge in [0.1, 0.15) is 0 Å². The van der Waals surface area contributed by atoms with Gasteiger partial charge in [0.05, 0.1) is 0 Å². The van der Waals surface area contributed by atoms with Gasteiger partial charge in [-0.3, -0.25) is 4.98 Å². The summed E-state index contributed by atoms with van der Waals surface area (Å²) in [6.07, 6.45) is 7.24. The second kappa shape index (κ2) is 8.75. The van der Waals surface area contributed by atoms with Gasteiger partial charge in [-0.05, 0) is 43.7 Å². The van der Waals surface area contributed by atoms with Gasteiger partial charge >= 0.3 is 0 Å². The Hall–Kier alpha value is -1.45. The Balaban J connectivity index is 2.17. The molecule has 3 heteroatoms. The van der Waals surface area contributed by atoms with E-state index in [9.17, 15) is 0 Å². The van der Waals surface area contributed by atoms with Gasteiger partial charge in [0, 0.05) is 37.0 Å². The maximum Gasteiger partial charge on any atom is 0.0466 e. The lowest BCUT2D eigenvalue weighted by atomic mass is 9.98. The van der Waals surface area contributed by atoms with Crippen LogP contribution in [0.1, 0.15) is 44.7 Å². The lowest BCUT2D eigenvalue weighted by Crippen LogP contribution is -2.23. The number of nitrogens with zero attached hydrogens (tertiary/aromatic N) is 1. The van der Waals surface area contributed by atoms with Crippen molar-refractivity contribution >= 4 is 10.8 Å². The van der Waals surface area contributed by atoms with E-state index < -0.39 is 0 Å². The molecule has 0 spiro atoms. The van der Waals surface area contributed by atoms with E-state index in [1.54, 1.807) is 0 Å². The minimum atomic E-state index is 0.351. The Bertz CT molecular complexity index is 536. The van der Waals surface area contributed by atoms with Crippen LogP contribution in [0, 0.1) is 0 Å². The molecule has 2 aromatic rings. The minimum absolute atomic E-state index is 0.351. The summed E-state index contributed by atoms with van der Waals surface area (Å²) in [5, 5.41) is 6.17. The van der Waals surface area contributed by atoms with Crippen LogP contribution in [0.2, 0.25) is 0 Å². The third-order valence-electron chi connectivity index (χ3n) is 3.70. The van der Waals surface area contributed by atoms with Crippen LogP contribution in [0.25, 0.3) is 10.8 Å². The third kappa shape index (κ3) is 4.51. The summed E-state index contributed by atoms with van der Waals surface area (Å²) in [5.74, 6) is 0. The summed E-state index contributed by atoms with van der Waals surface area (Å²) < 4.78 is 5.47. The molecule has 114 valence electrons. The van der Waals surface area contributed by atoms with Gasteiger partial charge in [0.25, 0.3) is 0 Å². The van der Waals surface area contributed by atoms with Crippen LogP contribution in [0.3, 0.4) is 0 Å². The van der Waals surface area contributed by atoms with E-state index in [1.165, 1.54) is 16.3 Å². The summed E-state index contributed by atoms with van der Waals surface area (Å²) in [6, 6.07) is 8.84. The van der Waals surface area contributed by atoms with Crippen LogP contribution in [0.15, 0.2) is 36.7 Å². The molecule has 0 amide bonds. The van der Waals surface area contributed by atoms with E-state index in [0.717, 1.165) is 39.0 Å². The molecule has 1 unspecified atom stereocenters. The molecule has 3 nitrogen and oxygen atoms in total. The number of fused-ring (bicyclic) bond motifs is 1. The quantitative estimate of drug-likeness (QED) is 0.705. The molecule has 0 radical (unpaired) electrons. The largest absolute Gasteiger partial charge is 0.382 e. The van der Waals surface area contributed by atoms with Crippen molar-refractivity contribution in [3.8, 4) is 0 Å². The van der Waals surface area contributed by atoms with E-state index in [2.05, 4.69) is 41.5 Å². The molecular weight excluding hydrogens is 260 g/mol. The van der Waals surface area contributed by atoms with Gasteiger partial charge in [-0.25, -0.2) is 0 Å². The standard InChI is InChI=1S/C18H26N2O/c1-3-11-20-18(10-7-12-21-4-2)17-14-19-13-15-8-5-6-9-16(15)17/h5-6,8-9,13-14,18,20H,3-4,7,10-12H2,1-2H3. The number of nitrogens with one attached hydrogen (secondary N) is 1. The highest BCUT2D eigenvalue weighted by Crippen LogP contribution is 2.26. The molecule has 1 atom stereocenters. The fourth-order valence-corrected chi connectivity index (χ4v) is 2.64. The Morgan fingerprint density at radius 2 is 2.05 bits per heavy atom. The fourth-order valence-electron chi connectivity index (χ4n) is 2.64. The topological polar surface area (TPSA) is 34.1 Å². The Labute approximate surface area is 127 Å². The van der Waals surface area contributed by atoms with E-state index in [4.69, 9.17) is 4.74 Å². The van der Waals surface area contributed by atoms with Crippen molar-refractivity contribution < 1.29 is 4.74 Å². The molecule has 1 N–H and O–H groups in total. The first-order valence-corrected chi connectivity index (χ1v) is 8.00. The van der Waals surface area contributed by atoms with Crippen LogP contribution in [-0.2, 0) is 4.74 Å². The van der Waals surface area contributed by atoms with Crippen molar-refractivity contribution in [3.05, 3.63) is 42.2 Å². The summed E-state index contributed by atoms with van der Waals surface area (Å²) in [6.45, 7) is 6.90. The zero-order valence-corrected chi connectivity index (χ0v) is 13.1. The third-order valence-corrected chi connectivity index (χ3v) is 3.70. The molecule has 21 heavy (non-hydrogen) atoms. The Morgan fingerprint density at radius 1 is 1.19 bits per heavy atom. The number of benzene rings is 1. The molecule has 0 saturated carbocycles. The number of aromatic nitrogens is 1. The number of ether oxygens (including phenoxy) is 1. The highest BCUT2D eigenvalue weighted by molar-refractivity contribution is 5.85. The molecule has 0 aliphatic heterocycles. The van der Waals surface area contributed by atoms with E-state index in [-0.39, 0.29) is 0 Å². The van der Waals surface area contributed by atoms with Gasteiger partial charge in [-0.2, -0.15) is 0 Å². The zero-order chi connectivity index (χ0) is 14.9. The van der Waals surface area contributed by atoms with Crippen LogP contribution in [-0.4, -0.2) is 24.7 Å². The first-order valence-electron chi connectivity index (χ1n) is 8.00. The number of pyridine rings is 1. The van der Waals surface area contributed by atoms with Crippen molar-refractivity contribution in [2.45, 2.75) is 39.2 Å². The first kappa shape index (κ1) is 15.9. The van der Waals surface area contributed by atoms with E-state index in [1.807, 2.05) is 19.3 Å². The smallest absolute Gasteiger partial charge is 0.0466 e. The molecule has 0 aliphatic rings. The summed E-state index contributed by atoms with van der Waals surface area (Å²) in [4.78, 5) is 4.41. The van der Waals surface area contributed by atoms with Gasteiger partial charge in [0.15, 0.2) is 0 Å². The highest BCUT2D eigenvalue weighted by Gasteiger charge is 2.13. The zero-order valence-electron chi connectivity index (χ0n) is 13.1. The van der Waals surface area contributed by atoms with Crippen molar-refractivity contribution in [3.63, 3.8) is 0 Å². The molecule has 0 aliphatic carbocycles. The number of hydrogen-bond acceptors (Lipinski definition) is 3. The van der Waals surface area contributed by atoms with Gasteiger partial charge in [-0.1, -0.05) is 31.2 Å². The first-order chi connectivity index (χ1) is 10.4. The van der Waals surface area contributed by atoms with Crippen LogP contribution in [0.5, 0.6) is 0 Å². The second-order valence-electron chi connectivity index (χ2n) is 5.30. The minimum Gasteiger partial charge on any atom is -0.382 e. The van der Waals surface area contributed by atoms with E-state index in [0.29, 0.717) is 6.04 Å². The molecule has 0 bridgehead atoms. The monoisotopic (exact) mass is 286 g/mol. The van der Waals surface area contributed by atoms with Crippen LogP contribution < -0.4 is 5.32 Å². The van der Waals surface area contributed by atoms with Crippen LogP contribution >= 0.6 is 0 Å². The average molecular weight is 286 g/mol. The van der Waals surface area contributed by atoms with Crippen molar-refractivity contribution in [1.29, 1.82) is 0 Å². The van der Waals surface area contributed by atoms with Crippen molar-refractivity contribution in [1.82, 2.24) is 10.3 Å². The molecular formula is C18H26N2O. The maximum atomic E-state index is 5.47. The lowest BCUT2D eigenvalue weighted by Gasteiger charge is -2.20. The molecule has 0 fully saturated rings. The van der Waals surface area contributed by atoms with E-state index >= 15 is 0 Å². The number of rotatable bonds is 9. The van der Waals surface area contributed by atoms with Gasteiger partial charge < -0.3 is 10.1 Å². The predicted molar refractivity (Wildman–Crippen MR) is 88.5 cm³/mol. The SMILES string of the molecule is CCCNC(CCCOCC)c1cncc2ccccc12. The summed E-state index contributed by atoms with van der Waals surface area (Å²) >= 11 is 0. The fraction of sp³-hybridized carbons (Fsp3) is 0.500. The lowest BCUT2D eigenvalue weighted by molar-refractivity contribution is 0.141. The van der Waals surface area contributed by atoms with Gasteiger partial charge in [0.2, 0.25) is 0 Å². The molecule has 1 aromatic carbocycles. The maximum absolute atomic E-state index is 5.47. The summed E-state index contributed by atoms with van der Waals surface area (Å²) in [5.41, 5.74) is 1.30. The number of hydrogen-bond donors (Lipinski definition) is 1. The highest BCUT2D eigenvalue weighted by atomic mass is 16.5. The molecule has 1 aromatic heterocycles. The molecule has 1 heterocycles. The Kier molecular flexibility index (Phi) is 6.64. The molecule has 2 rings (SSSR count). The van der Waals surface area contributed by atoms with Crippen molar-refractivity contribution in [2.24, 2.45) is 0 Å². The second-order valence-corrected chi connectivity index (χ2v) is 5.30. The average Bonchev–Trinajstić information content (AvgIpc) is 2.54. The Morgan fingerprint density at radius 3 is 2.86 bits per heavy atom.